The van der Waals surface area contributed by atoms with Crippen LogP contribution in [0.5, 0.6) is 0 Å². The molecular weight excluding hydrogens is 379 g/mol. The van der Waals surface area contributed by atoms with Gasteiger partial charge in [0.15, 0.2) is 0 Å². The zero-order valence-electron chi connectivity index (χ0n) is 12.6. The second kappa shape index (κ2) is 8.13. The highest BCUT2D eigenvalue weighted by Crippen LogP contribution is 2.41. The normalized spacial score (nSPS) is 14.3. The topological polar surface area (TPSA) is 109 Å². The number of aromatic nitrogens is 2. The van der Waals surface area contributed by atoms with Crippen molar-refractivity contribution in [3.05, 3.63) is 40.0 Å². The molecule has 0 aliphatic rings. The van der Waals surface area contributed by atoms with Gasteiger partial charge in [0.25, 0.3) is 0 Å². The molecule has 2 aromatic heterocycles. The molecule has 0 aromatic carbocycles. The minimum absolute atomic E-state index is 0.223. The summed E-state index contributed by atoms with van der Waals surface area (Å²) in [6.07, 6.45) is -2.94. The number of thioether (sulfide) groups is 1. The molecule has 25 heavy (non-hydrogen) atoms. The summed E-state index contributed by atoms with van der Waals surface area (Å²) in [6.45, 7) is -0.308. The van der Waals surface area contributed by atoms with Gasteiger partial charge >= 0.3 is 12.1 Å². The van der Waals surface area contributed by atoms with Crippen LogP contribution < -0.4 is 5.73 Å². The number of hydrogen-bond donors (Lipinski definition) is 3. The Hall–Kier alpha value is -1.69. The molecule has 0 aliphatic heterocycles. The number of hydrogen-bond acceptors (Lipinski definition) is 7. The SMILES string of the molecule is N[C@H](CO)C[C@@H](Sc1nc(C(F)(F)F)ccc1C(=O)O)c1cncs1. The first kappa shape index (κ1) is 19.6. The maximum absolute atomic E-state index is 12.9. The minimum atomic E-state index is -4.69. The summed E-state index contributed by atoms with van der Waals surface area (Å²) in [4.78, 5) is 19.4. The Balaban J connectivity index is 2.41. The molecule has 136 valence electrons. The van der Waals surface area contributed by atoms with E-state index in [0.717, 1.165) is 17.8 Å². The average Bonchev–Trinajstić information content (AvgIpc) is 3.07. The van der Waals surface area contributed by atoms with E-state index in [1.165, 1.54) is 17.5 Å². The number of carbonyl (C=O) groups is 1. The van der Waals surface area contributed by atoms with E-state index in [4.69, 9.17) is 10.8 Å². The fourth-order valence-corrected chi connectivity index (χ4v) is 4.09. The Morgan fingerprint density at radius 1 is 1.40 bits per heavy atom. The lowest BCUT2D eigenvalue weighted by Gasteiger charge is -2.19. The molecule has 2 atom stereocenters. The molecule has 0 fully saturated rings. The molecular formula is C14H14F3N3O3S2. The molecule has 6 nitrogen and oxygen atoms in total. The predicted molar refractivity (Wildman–Crippen MR) is 86.6 cm³/mol. The van der Waals surface area contributed by atoms with Crippen LogP contribution in [0.4, 0.5) is 13.2 Å². The third-order valence-corrected chi connectivity index (χ3v) is 5.46. The molecule has 0 bridgehead atoms. The van der Waals surface area contributed by atoms with Gasteiger partial charge in [0.1, 0.15) is 10.7 Å². The van der Waals surface area contributed by atoms with Crippen molar-refractivity contribution in [1.82, 2.24) is 9.97 Å². The number of pyridine rings is 1. The number of carboxylic acid groups (broad SMARTS) is 1. The summed E-state index contributed by atoms with van der Waals surface area (Å²) in [5.41, 5.74) is 5.78. The molecule has 2 rings (SSSR count). The first-order valence-corrected chi connectivity index (χ1v) is 8.71. The number of rotatable bonds is 7. The van der Waals surface area contributed by atoms with Crippen LogP contribution in [0, 0.1) is 0 Å². The zero-order valence-corrected chi connectivity index (χ0v) is 14.2. The zero-order chi connectivity index (χ0) is 18.6. The number of alkyl halides is 3. The number of aromatic carboxylic acids is 1. The maximum Gasteiger partial charge on any atom is 0.433 e. The van der Waals surface area contributed by atoms with Crippen LogP contribution in [0.1, 0.15) is 32.6 Å². The number of nitrogens with two attached hydrogens (primary N) is 1. The van der Waals surface area contributed by atoms with Gasteiger partial charge in [-0.1, -0.05) is 11.8 Å². The van der Waals surface area contributed by atoms with Gasteiger partial charge in [-0.25, -0.2) is 9.78 Å². The molecule has 0 radical (unpaired) electrons. The molecule has 0 amide bonds. The molecule has 11 heteroatoms. The van der Waals surface area contributed by atoms with E-state index >= 15 is 0 Å². The second-order valence-corrected chi connectivity index (χ2v) is 7.15. The number of aliphatic hydroxyl groups is 1. The van der Waals surface area contributed by atoms with E-state index in [2.05, 4.69) is 9.97 Å². The van der Waals surface area contributed by atoms with Gasteiger partial charge in [-0.2, -0.15) is 13.2 Å². The highest BCUT2D eigenvalue weighted by Gasteiger charge is 2.34. The van der Waals surface area contributed by atoms with Gasteiger partial charge in [-0.15, -0.1) is 11.3 Å². The Morgan fingerprint density at radius 3 is 2.64 bits per heavy atom. The van der Waals surface area contributed by atoms with Gasteiger partial charge < -0.3 is 15.9 Å². The van der Waals surface area contributed by atoms with E-state index in [1.54, 1.807) is 5.51 Å². The predicted octanol–water partition coefficient (Wildman–Crippen LogP) is 2.80. The van der Waals surface area contributed by atoms with E-state index < -0.39 is 29.1 Å². The van der Waals surface area contributed by atoms with Crippen molar-refractivity contribution in [3.8, 4) is 0 Å². The van der Waals surface area contributed by atoms with Gasteiger partial charge in [-0.3, -0.25) is 4.98 Å². The van der Waals surface area contributed by atoms with E-state index in [0.29, 0.717) is 10.9 Å². The third kappa shape index (κ3) is 5.14. The number of carboxylic acids is 1. The van der Waals surface area contributed by atoms with E-state index in [1.807, 2.05) is 0 Å². The van der Waals surface area contributed by atoms with Crippen LogP contribution in [0.15, 0.2) is 28.9 Å². The molecule has 0 unspecified atom stereocenters. The minimum Gasteiger partial charge on any atom is -0.478 e. The van der Waals surface area contributed by atoms with Crippen molar-refractivity contribution in [2.45, 2.75) is 28.9 Å². The van der Waals surface area contributed by atoms with Crippen LogP contribution in [0.2, 0.25) is 0 Å². The first-order valence-electron chi connectivity index (χ1n) is 6.95. The summed E-state index contributed by atoms with van der Waals surface area (Å²) in [5.74, 6) is -1.38. The van der Waals surface area contributed by atoms with Crippen LogP contribution >= 0.6 is 23.1 Å². The Morgan fingerprint density at radius 2 is 2.12 bits per heavy atom. The number of halogens is 3. The summed E-state index contributed by atoms with van der Waals surface area (Å²) >= 11 is 2.12. The lowest BCUT2D eigenvalue weighted by Crippen LogP contribution is -2.26. The van der Waals surface area contributed by atoms with Crippen molar-refractivity contribution >= 4 is 29.1 Å². The van der Waals surface area contributed by atoms with Gasteiger partial charge in [0, 0.05) is 22.4 Å². The monoisotopic (exact) mass is 393 g/mol. The van der Waals surface area contributed by atoms with Gasteiger partial charge in [0.2, 0.25) is 0 Å². The molecule has 2 aromatic rings. The third-order valence-electron chi connectivity index (χ3n) is 3.16. The fraction of sp³-hybridized carbons (Fsp3) is 0.357. The highest BCUT2D eigenvalue weighted by molar-refractivity contribution is 7.99. The molecule has 0 saturated heterocycles. The highest BCUT2D eigenvalue weighted by atomic mass is 32.2. The summed E-state index contributed by atoms with van der Waals surface area (Å²) in [5, 5.41) is 17.6. The van der Waals surface area contributed by atoms with Crippen molar-refractivity contribution in [3.63, 3.8) is 0 Å². The smallest absolute Gasteiger partial charge is 0.433 e. The lowest BCUT2D eigenvalue weighted by atomic mass is 10.1. The largest absolute Gasteiger partial charge is 0.478 e. The van der Waals surface area contributed by atoms with E-state index in [-0.39, 0.29) is 23.6 Å². The van der Waals surface area contributed by atoms with Crippen LogP contribution in [-0.4, -0.2) is 38.8 Å². The molecule has 0 saturated carbocycles. The summed E-state index contributed by atoms with van der Waals surface area (Å²) < 4.78 is 38.7. The summed E-state index contributed by atoms with van der Waals surface area (Å²) in [6, 6.07) is 0.906. The number of thiazole rings is 1. The maximum atomic E-state index is 12.9. The molecule has 2 heterocycles. The Labute approximate surface area is 148 Å². The molecule has 0 aliphatic carbocycles. The standard InChI is InChI=1S/C14H14F3N3O3S2/c15-14(16,17)11-2-1-8(13(22)23)12(20-11)25-9(3-7(18)5-21)10-4-19-6-24-10/h1-2,4,6-7,9,21H,3,5,18H2,(H,22,23)/t7-,9+/m0/s1. The summed E-state index contributed by atoms with van der Waals surface area (Å²) in [7, 11) is 0. The van der Waals surface area contributed by atoms with Crippen LogP contribution in [0.25, 0.3) is 0 Å². The van der Waals surface area contributed by atoms with Crippen molar-refractivity contribution in [2.24, 2.45) is 5.73 Å². The first-order chi connectivity index (χ1) is 11.7. The Bertz CT molecular complexity index is 726. The van der Waals surface area contributed by atoms with Gasteiger partial charge in [0.05, 0.1) is 17.7 Å². The van der Waals surface area contributed by atoms with Crippen LogP contribution in [-0.2, 0) is 6.18 Å². The average molecular weight is 393 g/mol. The number of nitrogens with zero attached hydrogens (tertiary/aromatic N) is 2. The van der Waals surface area contributed by atoms with Gasteiger partial charge in [-0.05, 0) is 18.6 Å². The quantitative estimate of drug-likeness (QED) is 0.621. The van der Waals surface area contributed by atoms with Crippen molar-refractivity contribution < 1.29 is 28.2 Å². The van der Waals surface area contributed by atoms with Crippen molar-refractivity contribution in [1.29, 1.82) is 0 Å². The molecule has 4 N–H and O–H groups in total. The van der Waals surface area contributed by atoms with Crippen LogP contribution in [0.3, 0.4) is 0 Å². The number of aliphatic hydroxyl groups excluding tert-OH is 1. The van der Waals surface area contributed by atoms with Crippen molar-refractivity contribution in [2.75, 3.05) is 6.61 Å². The lowest BCUT2D eigenvalue weighted by molar-refractivity contribution is -0.141. The fourth-order valence-electron chi connectivity index (χ4n) is 1.94. The molecule has 0 spiro atoms. The second-order valence-electron chi connectivity index (χ2n) is 5.04. The Kier molecular flexibility index (Phi) is 6.38. The van der Waals surface area contributed by atoms with E-state index in [9.17, 15) is 23.1 Å².